The molecule has 0 N–H and O–H groups in total. The summed E-state index contributed by atoms with van der Waals surface area (Å²) in [5.74, 6) is 2.21. The number of hydrogen-bond acceptors (Lipinski definition) is 3. The van der Waals surface area contributed by atoms with Gasteiger partial charge in [-0.3, -0.25) is 4.79 Å². The molecule has 31 heavy (non-hydrogen) atoms. The van der Waals surface area contributed by atoms with E-state index in [0.29, 0.717) is 32.0 Å². The summed E-state index contributed by atoms with van der Waals surface area (Å²) in [4.78, 5) is 12.7. The van der Waals surface area contributed by atoms with Crippen molar-refractivity contribution in [3.63, 3.8) is 0 Å². The van der Waals surface area contributed by atoms with Crippen LogP contribution in [0, 0.1) is 5.92 Å². The fourth-order valence-corrected chi connectivity index (χ4v) is 5.00. The van der Waals surface area contributed by atoms with E-state index in [1.165, 1.54) is 27.8 Å². The van der Waals surface area contributed by atoms with Crippen LogP contribution in [0.15, 0.2) is 71.8 Å². The van der Waals surface area contributed by atoms with Crippen molar-refractivity contribution >= 4 is 11.4 Å². The molecule has 1 unspecified atom stereocenters. The summed E-state index contributed by atoms with van der Waals surface area (Å²) in [6.07, 6.45) is 10.8. The van der Waals surface area contributed by atoms with Crippen LogP contribution < -0.4 is 9.47 Å². The molecule has 0 aromatic heterocycles. The summed E-state index contributed by atoms with van der Waals surface area (Å²) in [6.45, 7) is 3.39. The standard InChI is InChI=1S/C28H28O3/c1-2-23-21(10-12-25(23)26-13-9-20-5-3-4-6-24(20)26)8-11-22(29)17-19-7-14-27-28(18-19)31-16-15-30-27/h3-7,10,12-14,18,23H,2,8-9,11,15-17H2,1H3. The Kier molecular flexibility index (Phi) is 5.50. The van der Waals surface area contributed by atoms with Crippen LogP contribution in [0.2, 0.25) is 0 Å². The summed E-state index contributed by atoms with van der Waals surface area (Å²) >= 11 is 0. The van der Waals surface area contributed by atoms with Crippen molar-refractivity contribution in [2.75, 3.05) is 13.2 Å². The van der Waals surface area contributed by atoms with Crippen molar-refractivity contribution < 1.29 is 14.3 Å². The second kappa shape index (κ2) is 8.58. The lowest BCUT2D eigenvalue weighted by Gasteiger charge is -2.20. The summed E-state index contributed by atoms with van der Waals surface area (Å²) in [7, 11) is 0. The van der Waals surface area contributed by atoms with Crippen molar-refractivity contribution in [3.8, 4) is 11.5 Å². The minimum Gasteiger partial charge on any atom is -0.486 e. The predicted octanol–water partition coefficient (Wildman–Crippen LogP) is 5.88. The monoisotopic (exact) mass is 412 g/mol. The fraction of sp³-hybridized carbons (Fsp3) is 0.321. The molecule has 1 atom stereocenters. The number of benzene rings is 2. The highest BCUT2D eigenvalue weighted by Gasteiger charge is 2.27. The zero-order chi connectivity index (χ0) is 21.2. The molecule has 0 amide bonds. The van der Waals surface area contributed by atoms with E-state index in [9.17, 15) is 4.79 Å². The zero-order valence-corrected chi connectivity index (χ0v) is 18.0. The molecular weight excluding hydrogens is 384 g/mol. The molecule has 1 heterocycles. The summed E-state index contributed by atoms with van der Waals surface area (Å²) in [5, 5.41) is 0. The second-order valence-electron chi connectivity index (χ2n) is 8.50. The number of Topliss-reactive ketones (excluding diaryl/α,β-unsaturated/α-hetero) is 1. The maximum Gasteiger partial charge on any atom is 0.161 e. The third kappa shape index (κ3) is 3.97. The van der Waals surface area contributed by atoms with Gasteiger partial charge >= 0.3 is 0 Å². The molecule has 5 rings (SSSR count). The van der Waals surface area contributed by atoms with Crippen LogP contribution in [-0.2, 0) is 17.6 Å². The molecule has 3 aliphatic rings. The van der Waals surface area contributed by atoms with Crippen LogP contribution in [0.25, 0.3) is 5.57 Å². The van der Waals surface area contributed by atoms with Gasteiger partial charge in [-0.2, -0.15) is 0 Å². The van der Waals surface area contributed by atoms with E-state index in [1.807, 2.05) is 18.2 Å². The molecule has 158 valence electrons. The first-order valence-corrected chi connectivity index (χ1v) is 11.3. The fourth-order valence-electron chi connectivity index (χ4n) is 5.00. The van der Waals surface area contributed by atoms with E-state index in [0.717, 1.165) is 36.3 Å². The molecule has 2 aromatic rings. The minimum atomic E-state index is 0.270. The van der Waals surface area contributed by atoms with Gasteiger partial charge in [0.2, 0.25) is 0 Å². The van der Waals surface area contributed by atoms with Gasteiger partial charge in [-0.1, -0.05) is 61.1 Å². The Labute approximate surface area is 184 Å². The van der Waals surface area contributed by atoms with Crippen LogP contribution in [0.4, 0.5) is 0 Å². The Morgan fingerprint density at radius 1 is 1.03 bits per heavy atom. The van der Waals surface area contributed by atoms with E-state index in [4.69, 9.17) is 9.47 Å². The van der Waals surface area contributed by atoms with Crippen molar-refractivity contribution in [1.82, 2.24) is 0 Å². The molecule has 0 spiro atoms. The third-order valence-corrected chi connectivity index (χ3v) is 6.55. The van der Waals surface area contributed by atoms with Gasteiger partial charge in [-0.15, -0.1) is 0 Å². The maximum absolute atomic E-state index is 12.7. The molecule has 1 aliphatic heterocycles. The van der Waals surface area contributed by atoms with Gasteiger partial charge in [0.25, 0.3) is 0 Å². The summed E-state index contributed by atoms with van der Waals surface area (Å²) in [5.41, 5.74) is 7.97. The molecule has 0 saturated heterocycles. The van der Waals surface area contributed by atoms with Crippen molar-refractivity contribution in [2.24, 2.45) is 5.92 Å². The quantitative estimate of drug-likeness (QED) is 0.569. The van der Waals surface area contributed by atoms with Gasteiger partial charge in [0.15, 0.2) is 11.5 Å². The largest absolute Gasteiger partial charge is 0.486 e. The molecule has 0 fully saturated rings. The number of carbonyl (C=O) groups is 1. The number of ketones is 1. The Morgan fingerprint density at radius 2 is 1.87 bits per heavy atom. The van der Waals surface area contributed by atoms with Crippen LogP contribution in [0.3, 0.4) is 0 Å². The molecule has 0 saturated carbocycles. The number of carbonyl (C=O) groups excluding carboxylic acids is 1. The van der Waals surface area contributed by atoms with Crippen molar-refractivity contribution in [3.05, 3.63) is 88.5 Å². The topological polar surface area (TPSA) is 35.5 Å². The van der Waals surface area contributed by atoms with Crippen LogP contribution >= 0.6 is 0 Å². The Morgan fingerprint density at radius 3 is 2.74 bits per heavy atom. The van der Waals surface area contributed by atoms with E-state index < -0.39 is 0 Å². The van der Waals surface area contributed by atoms with E-state index in [-0.39, 0.29) is 5.78 Å². The number of fused-ring (bicyclic) bond motifs is 2. The highest BCUT2D eigenvalue weighted by Crippen LogP contribution is 2.43. The number of allylic oxidation sites excluding steroid dienone is 6. The van der Waals surface area contributed by atoms with Gasteiger partial charge in [-0.25, -0.2) is 0 Å². The lowest BCUT2D eigenvalue weighted by atomic mass is 9.84. The molecule has 0 bridgehead atoms. The first-order chi connectivity index (χ1) is 15.2. The van der Waals surface area contributed by atoms with Crippen LogP contribution in [0.5, 0.6) is 11.5 Å². The van der Waals surface area contributed by atoms with Crippen LogP contribution in [-0.4, -0.2) is 19.0 Å². The number of hydrogen-bond donors (Lipinski definition) is 0. The normalized spacial score (nSPS) is 18.9. The smallest absolute Gasteiger partial charge is 0.161 e. The molecule has 0 radical (unpaired) electrons. The lowest BCUT2D eigenvalue weighted by Crippen LogP contribution is -2.15. The molecule has 2 aliphatic carbocycles. The highest BCUT2D eigenvalue weighted by molar-refractivity contribution is 5.86. The third-order valence-electron chi connectivity index (χ3n) is 6.55. The summed E-state index contributed by atoms with van der Waals surface area (Å²) < 4.78 is 11.2. The van der Waals surface area contributed by atoms with Gasteiger partial charge in [0.1, 0.15) is 19.0 Å². The Hall–Kier alpha value is -3.07. The molecule has 3 heteroatoms. The Balaban J connectivity index is 1.20. The molecule has 3 nitrogen and oxygen atoms in total. The minimum absolute atomic E-state index is 0.270. The second-order valence-corrected chi connectivity index (χ2v) is 8.50. The van der Waals surface area contributed by atoms with Crippen molar-refractivity contribution in [1.29, 1.82) is 0 Å². The van der Waals surface area contributed by atoms with Gasteiger partial charge < -0.3 is 9.47 Å². The van der Waals surface area contributed by atoms with E-state index in [2.05, 4.69) is 49.4 Å². The van der Waals surface area contributed by atoms with E-state index in [1.54, 1.807) is 0 Å². The first-order valence-electron chi connectivity index (χ1n) is 11.3. The number of rotatable bonds is 7. The van der Waals surface area contributed by atoms with Crippen molar-refractivity contribution in [2.45, 2.75) is 39.0 Å². The lowest BCUT2D eigenvalue weighted by molar-refractivity contribution is -0.118. The van der Waals surface area contributed by atoms with Crippen LogP contribution in [0.1, 0.15) is 42.9 Å². The molecule has 2 aromatic carbocycles. The van der Waals surface area contributed by atoms with Gasteiger partial charge in [0, 0.05) is 18.8 Å². The zero-order valence-electron chi connectivity index (χ0n) is 18.0. The van der Waals surface area contributed by atoms with E-state index >= 15 is 0 Å². The van der Waals surface area contributed by atoms with Gasteiger partial charge in [-0.05, 0) is 59.2 Å². The summed E-state index contributed by atoms with van der Waals surface area (Å²) in [6, 6.07) is 14.5. The maximum atomic E-state index is 12.7. The highest BCUT2D eigenvalue weighted by atomic mass is 16.6. The first kappa shape index (κ1) is 19.9. The average molecular weight is 413 g/mol. The van der Waals surface area contributed by atoms with Gasteiger partial charge in [0.05, 0.1) is 0 Å². The SMILES string of the molecule is CCC1C(CCC(=O)Cc2ccc3c(c2)OCCO3)=CC=C1C1=CCc2ccccc21. The predicted molar refractivity (Wildman–Crippen MR) is 123 cm³/mol. The Bertz CT molecular complexity index is 1100. The average Bonchev–Trinajstić information content (AvgIpc) is 3.41. The molecular formula is C28H28O3. The number of ether oxygens (including phenoxy) is 2.